The summed E-state index contributed by atoms with van der Waals surface area (Å²) >= 11 is 1.26. The minimum absolute atomic E-state index is 0.0159. The zero-order valence-electron chi connectivity index (χ0n) is 12.8. The second-order valence-electron chi connectivity index (χ2n) is 6.02. The van der Waals surface area contributed by atoms with Crippen molar-refractivity contribution in [1.82, 2.24) is 9.27 Å². The van der Waals surface area contributed by atoms with E-state index in [0.29, 0.717) is 42.7 Å². The number of hydrogen-bond acceptors (Lipinski definition) is 6. The standard InChI is InChI=1S/C16H16FN5OS/c17-11-2-1-3-12-13(11)14(18)21-16(20-12)4-6-22(7-5-16)15(23)10-8-19-24-9-10/h1-3,8-9,20H,4-7H2,(H2,18,21). The van der Waals surface area contributed by atoms with Crippen molar-refractivity contribution in [3.63, 3.8) is 0 Å². The number of benzene rings is 1. The van der Waals surface area contributed by atoms with Gasteiger partial charge in [0.1, 0.15) is 17.3 Å². The van der Waals surface area contributed by atoms with Gasteiger partial charge in [-0.25, -0.2) is 13.8 Å². The zero-order valence-corrected chi connectivity index (χ0v) is 13.6. The molecule has 1 fully saturated rings. The summed E-state index contributed by atoms with van der Waals surface area (Å²) in [6.45, 7) is 1.12. The van der Waals surface area contributed by atoms with Crippen LogP contribution < -0.4 is 11.1 Å². The molecule has 2 aliphatic rings. The van der Waals surface area contributed by atoms with E-state index in [-0.39, 0.29) is 17.6 Å². The third kappa shape index (κ3) is 2.43. The number of nitrogens with one attached hydrogen (secondary N) is 1. The number of carbonyl (C=O) groups is 1. The van der Waals surface area contributed by atoms with Crippen molar-refractivity contribution in [3.05, 3.63) is 46.7 Å². The molecule has 24 heavy (non-hydrogen) atoms. The first-order valence-corrected chi connectivity index (χ1v) is 8.53. The number of rotatable bonds is 1. The monoisotopic (exact) mass is 345 g/mol. The predicted molar refractivity (Wildman–Crippen MR) is 90.7 cm³/mol. The van der Waals surface area contributed by atoms with Crippen molar-refractivity contribution in [1.29, 1.82) is 0 Å². The van der Waals surface area contributed by atoms with Crippen LogP contribution in [-0.4, -0.2) is 39.8 Å². The molecule has 4 rings (SSSR count). The molecule has 1 aromatic carbocycles. The van der Waals surface area contributed by atoms with Gasteiger partial charge in [-0.3, -0.25) is 4.79 Å². The van der Waals surface area contributed by atoms with Crippen LogP contribution in [-0.2, 0) is 0 Å². The number of likely N-dealkylation sites (tertiary alicyclic amines) is 1. The Labute approximate surface area is 142 Å². The first-order valence-electron chi connectivity index (χ1n) is 7.69. The average molecular weight is 345 g/mol. The molecule has 2 aromatic rings. The van der Waals surface area contributed by atoms with Crippen molar-refractivity contribution >= 4 is 29.0 Å². The average Bonchev–Trinajstić information content (AvgIpc) is 3.09. The van der Waals surface area contributed by atoms with Gasteiger partial charge in [-0.1, -0.05) is 6.07 Å². The van der Waals surface area contributed by atoms with Crippen LogP contribution in [0, 0.1) is 5.82 Å². The summed E-state index contributed by atoms with van der Waals surface area (Å²) in [4.78, 5) is 18.7. The van der Waals surface area contributed by atoms with Crippen molar-refractivity contribution in [2.75, 3.05) is 18.4 Å². The third-order valence-electron chi connectivity index (χ3n) is 4.53. The van der Waals surface area contributed by atoms with E-state index in [2.05, 4.69) is 14.7 Å². The molecule has 3 heterocycles. The highest BCUT2D eigenvalue weighted by Crippen LogP contribution is 2.35. The number of amides is 1. The number of hydrogen-bond donors (Lipinski definition) is 2. The van der Waals surface area contributed by atoms with Crippen LogP contribution in [0.3, 0.4) is 0 Å². The zero-order chi connectivity index (χ0) is 16.7. The van der Waals surface area contributed by atoms with E-state index in [1.54, 1.807) is 28.6 Å². The van der Waals surface area contributed by atoms with Crippen molar-refractivity contribution in [2.45, 2.75) is 18.5 Å². The number of nitrogens with two attached hydrogens (primary N) is 1. The number of amidine groups is 1. The summed E-state index contributed by atoms with van der Waals surface area (Å²) < 4.78 is 17.9. The lowest BCUT2D eigenvalue weighted by molar-refractivity contribution is 0.0686. The molecule has 124 valence electrons. The van der Waals surface area contributed by atoms with Gasteiger partial charge in [0.15, 0.2) is 0 Å². The van der Waals surface area contributed by atoms with Gasteiger partial charge in [-0.15, -0.1) is 0 Å². The Morgan fingerprint density at radius 3 is 2.88 bits per heavy atom. The Bertz CT molecular complexity index is 812. The first kappa shape index (κ1) is 15.1. The van der Waals surface area contributed by atoms with Crippen LogP contribution >= 0.6 is 11.5 Å². The largest absolute Gasteiger partial charge is 0.383 e. The van der Waals surface area contributed by atoms with E-state index in [1.165, 1.54) is 17.6 Å². The smallest absolute Gasteiger partial charge is 0.256 e. The topological polar surface area (TPSA) is 83.6 Å². The van der Waals surface area contributed by atoms with Crippen molar-refractivity contribution in [3.8, 4) is 0 Å². The van der Waals surface area contributed by atoms with Gasteiger partial charge in [0.2, 0.25) is 0 Å². The third-order valence-corrected chi connectivity index (χ3v) is 5.12. The molecule has 1 aromatic heterocycles. The molecule has 2 aliphatic heterocycles. The highest BCUT2D eigenvalue weighted by atomic mass is 32.1. The summed E-state index contributed by atoms with van der Waals surface area (Å²) in [5.74, 6) is -0.185. The predicted octanol–water partition coefficient (Wildman–Crippen LogP) is 2.05. The lowest BCUT2D eigenvalue weighted by atomic mass is 9.93. The SMILES string of the molecule is NC1=NC2(CCN(C(=O)c3cnsc3)CC2)Nc2cccc(F)c21. The fourth-order valence-electron chi connectivity index (χ4n) is 3.26. The molecule has 6 nitrogen and oxygen atoms in total. The minimum atomic E-state index is -0.575. The maximum absolute atomic E-state index is 13.9. The van der Waals surface area contributed by atoms with Crippen LogP contribution in [0.1, 0.15) is 28.8 Å². The fourth-order valence-corrected chi connectivity index (χ4v) is 3.77. The van der Waals surface area contributed by atoms with Crippen LogP contribution in [0.15, 0.2) is 34.8 Å². The van der Waals surface area contributed by atoms with Gasteiger partial charge in [0.25, 0.3) is 5.91 Å². The molecule has 0 unspecified atom stereocenters. The summed E-state index contributed by atoms with van der Waals surface area (Å²) in [7, 11) is 0. The maximum Gasteiger partial charge on any atom is 0.256 e. The van der Waals surface area contributed by atoms with Gasteiger partial charge in [-0.05, 0) is 23.7 Å². The Morgan fingerprint density at radius 1 is 1.38 bits per heavy atom. The van der Waals surface area contributed by atoms with Crippen LogP contribution in [0.2, 0.25) is 0 Å². The Balaban J connectivity index is 1.54. The Morgan fingerprint density at radius 2 is 2.17 bits per heavy atom. The molecule has 1 spiro atoms. The normalized spacial score (nSPS) is 18.7. The molecule has 8 heteroatoms. The molecule has 0 saturated carbocycles. The Hall–Kier alpha value is -2.48. The highest BCUT2D eigenvalue weighted by molar-refractivity contribution is 7.03. The molecule has 0 aliphatic carbocycles. The highest BCUT2D eigenvalue weighted by Gasteiger charge is 2.39. The molecule has 0 bridgehead atoms. The number of aliphatic imine (C=N–C) groups is 1. The van der Waals surface area contributed by atoms with E-state index in [1.807, 2.05) is 0 Å². The van der Waals surface area contributed by atoms with Gasteiger partial charge in [-0.2, -0.15) is 0 Å². The number of anilines is 1. The lowest BCUT2D eigenvalue weighted by Crippen LogP contribution is -2.52. The summed E-state index contributed by atoms with van der Waals surface area (Å²) in [5, 5.41) is 5.07. The van der Waals surface area contributed by atoms with Crippen LogP contribution in [0.25, 0.3) is 0 Å². The summed E-state index contributed by atoms with van der Waals surface area (Å²) in [5.41, 5.74) is 7.03. The minimum Gasteiger partial charge on any atom is -0.383 e. The van der Waals surface area contributed by atoms with Crippen LogP contribution in [0.4, 0.5) is 10.1 Å². The number of carbonyl (C=O) groups excluding carboxylic acids is 1. The van der Waals surface area contributed by atoms with E-state index < -0.39 is 5.66 Å². The van der Waals surface area contributed by atoms with E-state index in [0.717, 1.165) is 0 Å². The summed E-state index contributed by atoms with van der Waals surface area (Å²) in [6, 6.07) is 4.82. The molecule has 1 amide bonds. The number of halogens is 1. The first-order chi connectivity index (χ1) is 11.6. The van der Waals surface area contributed by atoms with Gasteiger partial charge >= 0.3 is 0 Å². The fraction of sp³-hybridized carbons (Fsp3) is 0.312. The van der Waals surface area contributed by atoms with Gasteiger partial charge < -0.3 is 16.0 Å². The van der Waals surface area contributed by atoms with Crippen molar-refractivity contribution < 1.29 is 9.18 Å². The molecule has 0 atom stereocenters. The Kier molecular flexibility index (Phi) is 3.49. The maximum atomic E-state index is 13.9. The second-order valence-corrected chi connectivity index (χ2v) is 6.68. The molecule has 1 saturated heterocycles. The molecule has 0 radical (unpaired) electrons. The number of piperidine rings is 1. The van der Waals surface area contributed by atoms with Crippen molar-refractivity contribution in [2.24, 2.45) is 10.7 Å². The summed E-state index contributed by atoms with van der Waals surface area (Å²) in [6.07, 6.45) is 2.82. The molecular weight excluding hydrogens is 329 g/mol. The molecule has 3 N–H and O–H groups in total. The molecular formula is C16H16FN5OS. The quantitative estimate of drug-likeness (QED) is 0.828. The number of nitrogens with zero attached hydrogens (tertiary/aromatic N) is 3. The second kappa shape index (κ2) is 5.55. The lowest BCUT2D eigenvalue weighted by Gasteiger charge is -2.42. The van der Waals surface area contributed by atoms with Gasteiger partial charge in [0, 0.05) is 37.0 Å². The number of fused-ring (bicyclic) bond motifs is 1. The van der Waals surface area contributed by atoms with E-state index in [4.69, 9.17) is 5.73 Å². The van der Waals surface area contributed by atoms with E-state index in [9.17, 15) is 9.18 Å². The van der Waals surface area contributed by atoms with E-state index >= 15 is 0 Å². The van der Waals surface area contributed by atoms with Crippen LogP contribution in [0.5, 0.6) is 0 Å². The number of aromatic nitrogens is 1. The van der Waals surface area contributed by atoms with Gasteiger partial charge in [0.05, 0.1) is 17.3 Å².